The number of halogens is 1. The van der Waals surface area contributed by atoms with E-state index in [1.165, 1.54) is 12.1 Å². The van der Waals surface area contributed by atoms with Crippen LogP contribution in [0.3, 0.4) is 0 Å². The summed E-state index contributed by atoms with van der Waals surface area (Å²) < 4.78 is 13.6. The Morgan fingerprint density at radius 1 is 1.56 bits per heavy atom. The largest absolute Gasteiger partial charge is 0.326 e. The summed E-state index contributed by atoms with van der Waals surface area (Å²) in [6, 6.07) is 4.43. The molecule has 0 aliphatic heterocycles. The van der Waals surface area contributed by atoms with Gasteiger partial charge < -0.3 is 11.1 Å². The maximum absolute atomic E-state index is 13.6. The van der Waals surface area contributed by atoms with Crippen LogP contribution in [0, 0.1) is 23.6 Å². The van der Waals surface area contributed by atoms with Gasteiger partial charge in [0.05, 0.1) is 12.1 Å². The summed E-state index contributed by atoms with van der Waals surface area (Å²) >= 11 is 0. The average Bonchev–Trinajstić information content (AvgIpc) is 2.36. The molecule has 1 rings (SSSR count). The predicted molar refractivity (Wildman–Crippen MR) is 70.4 cm³/mol. The molecule has 0 aliphatic carbocycles. The smallest absolute Gasteiger partial charge is 0.227 e. The van der Waals surface area contributed by atoms with Gasteiger partial charge in [-0.1, -0.05) is 25.7 Å². The van der Waals surface area contributed by atoms with Gasteiger partial charge in [-0.25, -0.2) is 4.39 Å². The van der Waals surface area contributed by atoms with Gasteiger partial charge in [-0.05, 0) is 24.6 Å². The number of benzene rings is 1. The van der Waals surface area contributed by atoms with Gasteiger partial charge in [0.2, 0.25) is 5.91 Å². The summed E-state index contributed by atoms with van der Waals surface area (Å²) in [6.07, 6.45) is 0.744. The highest BCUT2D eigenvalue weighted by molar-refractivity contribution is 5.92. The van der Waals surface area contributed by atoms with Crippen LogP contribution in [0.2, 0.25) is 0 Å². The zero-order chi connectivity index (χ0) is 13.5. The van der Waals surface area contributed by atoms with Gasteiger partial charge >= 0.3 is 0 Å². The fraction of sp³-hybridized carbons (Fsp3) is 0.357. The zero-order valence-electron chi connectivity index (χ0n) is 10.6. The Morgan fingerprint density at radius 3 is 2.83 bits per heavy atom. The summed E-state index contributed by atoms with van der Waals surface area (Å²) in [7, 11) is 0. The fourth-order valence-electron chi connectivity index (χ4n) is 1.29. The molecular formula is C14H17FN2O. The number of carbonyl (C=O) groups excluding carboxylic acids is 1. The van der Waals surface area contributed by atoms with Crippen molar-refractivity contribution in [2.24, 2.45) is 11.7 Å². The summed E-state index contributed by atoms with van der Waals surface area (Å²) in [5.41, 5.74) is 5.94. The Labute approximate surface area is 107 Å². The molecule has 96 valence electrons. The maximum atomic E-state index is 13.6. The topological polar surface area (TPSA) is 55.1 Å². The van der Waals surface area contributed by atoms with Gasteiger partial charge in [-0.3, -0.25) is 4.79 Å². The van der Waals surface area contributed by atoms with Crippen molar-refractivity contribution < 1.29 is 9.18 Å². The van der Waals surface area contributed by atoms with Gasteiger partial charge in [0, 0.05) is 11.6 Å². The lowest BCUT2D eigenvalue weighted by atomic mass is 10.1. The quantitative estimate of drug-likeness (QED) is 0.805. The number of amides is 1. The predicted octanol–water partition coefficient (Wildman–Crippen LogP) is 2.12. The first-order valence-electron chi connectivity index (χ1n) is 5.87. The fourth-order valence-corrected chi connectivity index (χ4v) is 1.29. The van der Waals surface area contributed by atoms with Gasteiger partial charge in [0.1, 0.15) is 5.82 Å². The van der Waals surface area contributed by atoms with E-state index in [0.29, 0.717) is 5.69 Å². The highest BCUT2D eigenvalue weighted by Gasteiger charge is 2.11. The molecule has 3 N–H and O–H groups in total. The molecule has 0 radical (unpaired) electrons. The van der Waals surface area contributed by atoms with Crippen LogP contribution in [0.4, 0.5) is 10.1 Å². The van der Waals surface area contributed by atoms with Gasteiger partial charge in [0.25, 0.3) is 0 Å². The lowest BCUT2D eigenvalue weighted by Crippen LogP contribution is -2.19. The minimum Gasteiger partial charge on any atom is -0.326 e. The number of nitrogens with two attached hydrogens (primary N) is 1. The molecule has 1 amide bonds. The van der Waals surface area contributed by atoms with E-state index >= 15 is 0 Å². The highest BCUT2D eigenvalue weighted by Crippen LogP contribution is 2.15. The summed E-state index contributed by atoms with van der Waals surface area (Å²) in [4.78, 5) is 11.6. The first kappa shape index (κ1) is 14.2. The normalized spacial score (nSPS) is 11.3. The molecule has 0 aromatic heterocycles. The summed E-state index contributed by atoms with van der Waals surface area (Å²) in [6.45, 7) is 3.94. The SMILES string of the molecule is CCC(C)C(=O)Nc1ccc(C#CCN)c(F)c1. The summed E-state index contributed by atoms with van der Waals surface area (Å²) in [5, 5.41) is 2.66. The van der Waals surface area contributed by atoms with Crippen molar-refractivity contribution >= 4 is 11.6 Å². The monoisotopic (exact) mass is 248 g/mol. The molecule has 1 unspecified atom stereocenters. The zero-order valence-corrected chi connectivity index (χ0v) is 10.6. The Hall–Kier alpha value is -1.86. The van der Waals surface area contributed by atoms with Crippen molar-refractivity contribution in [1.82, 2.24) is 0 Å². The van der Waals surface area contributed by atoms with E-state index in [9.17, 15) is 9.18 Å². The van der Waals surface area contributed by atoms with Crippen molar-refractivity contribution in [3.63, 3.8) is 0 Å². The van der Waals surface area contributed by atoms with Crippen molar-refractivity contribution in [1.29, 1.82) is 0 Å². The Morgan fingerprint density at radius 2 is 2.28 bits per heavy atom. The highest BCUT2D eigenvalue weighted by atomic mass is 19.1. The summed E-state index contributed by atoms with van der Waals surface area (Å²) in [5.74, 6) is 4.54. The van der Waals surface area contributed by atoms with Gasteiger partial charge in [0.15, 0.2) is 0 Å². The Kier molecular flexibility index (Phi) is 5.34. The lowest BCUT2D eigenvalue weighted by Gasteiger charge is -2.10. The molecule has 0 fully saturated rings. The molecule has 4 heteroatoms. The first-order valence-corrected chi connectivity index (χ1v) is 5.87. The maximum Gasteiger partial charge on any atom is 0.227 e. The third kappa shape index (κ3) is 3.86. The van der Waals surface area contributed by atoms with Crippen LogP contribution in [0.1, 0.15) is 25.8 Å². The molecule has 0 aliphatic rings. The van der Waals surface area contributed by atoms with Crippen LogP contribution < -0.4 is 11.1 Å². The minimum absolute atomic E-state index is 0.0928. The van der Waals surface area contributed by atoms with E-state index in [1.54, 1.807) is 6.07 Å². The number of carbonyl (C=O) groups is 1. The number of hydrogen-bond acceptors (Lipinski definition) is 2. The second kappa shape index (κ2) is 6.77. The molecule has 3 nitrogen and oxygen atoms in total. The van der Waals surface area contributed by atoms with Crippen LogP contribution >= 0.6 is 0 Å². The van der Waals surface area contributed by atoms with E-state index in [4.69, 9.17) is 5.73 Å². The molecule has 18 heavy (non-hydrogen) atoms. The lowest BCUT2D eigenvalue weighted by molar-refractivity contribution is -0.119. The van der Waals surface area contributed by atoms with Crippen LogP contribution in [0.25, 0.3) is 0 Å². The van der Waals surface area contributed by atoms with Gasteiger partial charge in [-0.2, -0.15) is 0 Å². The van der Waals surface area contributed by atoms with Crippen molar-refractivity contribution in [2.75, 3.05) is 11.9 Å². The van der Waals surface area contributed by atoms with Crippen LogP contribution in [0.5, 0.6) is 0 Å². The Bertz CT molecular complexity index is 488. The molecule has 1 atom stereocenters. The van der Waals surface area contributed by atoms with E-state index in [1.807, 2.05) is 13.8 Å². The second-order valence-electron chi connectivity index (χ2n) is 4.00. The standard InChI is InChI=1S/C14H17FN2O/c1-3-10(2)14(18)17-12-7-6-11(5-4-8-16)13(15)9-12/h6-7,9-10H,3,8,16H2,1-2H3,(H,17,18). The first-order chi connectivity index (χ1) is 8.58. The number of anilines is 1. The third-order valence-electron chi connectivity index (χ3n) is 2.62. The molecule has 1 aromatic rings. The van der Waals surface area contributed by atoms with E-state index in [-0.39, 0.29) is 23.9 Å². The minimum atomic E-state index is -0.460. The third-order valence-corrected chi connectivity index (χ3v) is 2.62. The second-order valence-corrected chi connectivity index (χ2v) is 4.00. The molecule has 0 spiro atoms. The van der Waals surface area contributed by atoms with Crippen molar-refractivity contribution in [3.8, 4) is 11.8 Å². The van der Waals surface area contributed by atoms with Crippen LogP contribution in [-0.2, 0) is 4.79 Å². The van der Waals surface area contributed by atoms with E-state index in [0.717, 1.165) is 6.42 Å². The van der Waals surface area contributed by atoms with Crippen molar-refractivity contribution in [2.45, 2.75) is 20.3 Å². The van der Waals surface area contributed by atoms with Crippen LogP contribution in [-0.4, -0.2) is 12.5 Å². The molecule has 0 bridgehead atoms. The molecule has 0 heterocycles. The van der Waals surface area contributed by atoms with E-state index in [2.05, 4.69) is 17.2 Å². The molecular weight excluding hydrogens is 231 g/mol. The average molecular weight is 248 g/mol. The van der Waals surface area contributed by atoms with Crippen molar-refractivity contribution in [3.05, 3.63) is 29.6 Å². The Balaban J connectivity index is 2.82. The molecule has 0 saturated heterocycles. The molecule has 0 saturated carbocycles. The number of rotatable bonds is 3. The van der Waals surface area contributed by atoms with Crippen LogP contribution in [0.15, 0.2) is 18.2 Å². The van der Waals surface area contributed by atoms with E-state index < -0.39 is 5.82 Å². The van der Waals surface area contributed by atoms with Gasteiger partial charge in [-0.15, -0.1) is 0 Å². The number of nitrogens with one attached hydrogen (secondary N) is 1. The number of hydrogen-bond donors (Lipinski definition) is 2. The molecule has 1 aromatic carbocycles.